The summed E-state index contributed by atoms with van der Waals surface area (Å²) in [5.74, 6) is 0.229. The van der Waals surface area contributed by atoms with Gasteiger partial charge in [0.2, 0.25) is 5.91 Å². The van der Waals surface area contributed by atoms with Gasteiger partial charge in [-0.1, -0.05) is 20.3 Å². The van der Waals surface area contributed by atoms with E-state index in [1.54, 1.807) is 0 Å². The molecular weight excluding hydrogens is 262 g/mol. The standard InChI is InChI=1S/C17H33N3O/c1-17(2,9-10-18)8-7-16(21)19-13-11-14-5-4-6-15(12-13)20(14)3/h13-15H,4-12,18H2,1-3H3,(H,19,21). The number of nitrogens with zero attached hydrogens (tertiary/aromatic N) is 1. The van der Waals surface area contributed by atoms with Crippen molar-refractivity contribution < 1.29 is 4.79 Å². The van der Waals surface area contributed by atoms with Crippen molar-refractivity contribution >= 4 is 5.91 Å². The molecule has 0 aromatic heterocycles. The average Bonchev–Trinajstić information content (AvgIpc) is 2.38. The number of hydrogen-bond acceptors (Lipinski definition) is 3. The Hall–Kier alpha value is -0.610. The van der Waals surface area contributed by atoms with E-state index in [0.29, 0.717) is 31.1 Å². The van der Waals surface area contributed by atoms with Gasteiger partial charge in [0.1, 0.15) is 0 Å². The molecule has 2 heterocycles. The number of rotatable bonds is 6. The van der Waals surface area contributed by atoms with E-state index in [2.05, 4.69) is 31.1 Å². The van der Waals surface area contributed by atoms with Crippen LogP contribution in [0.4, 0.5) is 0 Å². The normalized spacial score (nSPS) is 30.2. The molecule has 2 saturated heterocycles. The van der Waals surface area contributed by atoms with Crippen LogP contribution >= 0.6 is 0 Å². The van der Waals surface area contributed by atoms with Crippen LogP contribution in [0, 0.1) is 5.41 Å². The van der Waals surface area contributed by atoms with Crippen molar-refractivity contribution in [3.63, 3.8) is 0 Å². The number of nitrogens with one attached hydrogen (secondary N) is 1. The summed E-state index contributed by atoms with van der Waals surface area (Å²) in [6.45, 7) is 5.10. The molecule has 0 aromatic rings. The molecule has 0 spiro atoms. The third-order valence-electron chi connectivity index (χ3n) is 5.55. The fourth-order valence-electron chi connectivity index (χ4n) is 4.00. The minimum absolute atomic E-state index is 0.176. The molecule has 122 valence electrons. The van der Waals surface area contributed by atoms with Crippen LogP contribution in [0.2, 0.25) is 0 Å². The minimum Gasteiger partial charge on any atom is -0.353 e. The van der Waals surface area contributed by atoms with Crippen LogP contribution in [0.1, 0.15) is 65.2 Å². The lowest BCUT2D eigenvalue weighted by Gasteiger charge is -2.47. The molecule has 2 aliphatic heterocycles. The van der Waals surface area contributed by atoms with Gasteiger partial charge < -0.3 is 16.0 Å². The molecule has 0 aromatic carbocycles. The summed E-state index contributed by atoms with van der Waals surface area (Å²) in [4.78, 5) is 14.7. The molecular formula is C17H33N3O. The van der Waals surface area contributed by atoms with E-state index in [0.717, 1.165) is 25.7 Å². The fourth-order valence-corrected chi connectivity index (χ4v) is 4.00. The highest BCUT2D eigenvalue weighted by molar-refractivity contribution is 5.76. The maximum Gasteiger partial charge on any atom is 0.220 e. The molecule has 0 radical (unpaired) electrons. The maximum absolute atomic E-state index is 12.2. The maximum atomic E-state index is 12.2. The van der Waals surface area contributed by atoms with Gasteiger partial charge in [-0.25, -0.2) is 0 Å². The molecule has 21 heavy (non-hydrogen) atoms. The Kier molecular flexibility index (Phi) is 5.67. The average molecular weight is 295 g/mol. The fraction of sp³-hybridized carbons (Fsp3) is 0.941. The van der Waals surface area contributed by atoms with Gasteiger partial charge in [0, 0.05) is 24.5 Å². The Balaban J connectivity index is 1.76. The molecule has 3 N–H and O–H groups in total. The number of carbonyl (C=O) groups is 1. The van der Waals surface area contributed by atoms with E-state index in [4.69, 9.17) is 5.73 Å². The monoisotopic (exact) mass is 295 g/mol. The first-order valence-corrected chi connectivity index (χ1v) is 8.62. The minimum atomic E-state index is 0.176. The van der Waals surface area contributed by atoms with Crippen molar-refractivity contribution in [3.05, 3.63) is 0 Å². The molecule has 4 heteroatoms. The highest BCUT2D eigenvalue weighted by Crippen LogP contribution is 2.32. The first kappa shape index (κ1) is 16.8. The van der Waals surface area contributed by atoms with Crippen molar-refractivity contribution in [2.24, 2.45) is 11.1 Å². The first-order chi connectivity index (χ1) is 9.91. The van der Waals surface area contributed by atoms with Crippen molar-refractivity contribution in [3.8, 4) is 0 Å². The SMILES string of the molecule is CN1C2CCCC1CC(NC(=O)CCC(C)(C)CCN)C2. The molecule has 2 bridgehead atoms. The molecule has 4 nitrogen and oxygen atoms in total. The van der Waals surface area contributed by atoms with Crippen molar-refractivity contribution in [2.75, 3.05) is 13.6 Å². The quantitative estimate of drug-likeness (QED) is 0.790. The lowest BCUT2D eigenvalue weighted by molar-refractivity contribution is -0.123. The van der Waals surface area contributed by atoms with Gasteiger partial charge >= 0.3 is 0 Å². The van der Waals surface area contributed by atoms with E-state index in [1.807, 2.05) is 0 Å². The number of nitrogens with two attached hydrogens (primary N) is 1. The van der Waals surface area contributed by atoms with Gasteiger partial charge in [-0.2, -0.15) is 0 Å². The van der Waals surface area contributed by atoms with Crippen molar-refractivity contribution in [2.45, 2.75) is 83.3 Å². The number of amides is 1. The summed E-state index contributed by atoms with van der Waals surface area (Å²) in [7, 11) is 2.25. The largest absolute Gasteiger partial charge is 0.353 e. The van der Waals surface area contributed by atoms with Crippen LogP contribution in [0.5, 0.6) is 0 Å². The molecule has 1 amide bonds. The van der Waals surface area contributed by atoms with E-state index in [1.165, 1.54) is 19.3 Å². The summed E-state index contributed by atoms with van der Waals surface area (Å²) in [5, 5.41) is 3.29. The van der Waals surface area contributed by atoms with Gasteiger partial charge in [-0.3, -0.25) is 4.79 Å². The molecule has 2 unspecified atom stereocenters. The second-order valence-electron chi connectivity index (χ2n) is 7.84. The summed E-state index contributed by atoms with van der Waals surface area (Å²) >= 11 is 0. The zero-order valence-corrected chi connectivity index (χ0v) is 14.0. The Bertz CT molecular complexity index is 342. The first-order valence-electron chi connectivity index (χ1n) is 8.62. The van der Waals surface area contributed by atoms with Crippen LogP contribution in [0.15, 0.2) is 0 Å². The van der Waals surface area contributed by atoms with Gasteiger partial charge in [0.05, 0.1) is 0 Å². The molecule has 2 aliphatic rings. The molecule has 2 rings (SSSR count). The summed E-state index contributed by atoms with van der Waals surface area (Å²) in [6.07, 6.45) is 8.75. The number of carbonyl (C=O) groups excluding carboxylic acids is 1. The summed E-state index contributed by atoms with van der Waals surface area (Å²) in [5.41, 5.74) is 5.81. The summed E-state index contributed by atoms with van der Waals surface area (Å²) in [6, 6.07) is 1.74. The van der Waals surface area contributed by atoms with Gasteiger partial charge in [0.25, 0.3) is 0 Å². The third kappa shape index (κ3) is 4.68. The lowest BCUT2D eigenvalue weighted by Crippen LogP contribution is -2.55. The van der Waals surface area contributed by atoms with Crippen molar-refractivity contribution in [1.82, 2.24) is 10.2 Å². The second kappa shape index (κ2) is 7.10. The van der Waals surface area contributed by atoms with Crippen LogP contribution in [-0.2, 0) is 4.79 Å². The Morgan fingerprint density at radius 2 is 1.86 bits per heavy atom. The zero-order chi connectivity index (χ0) is 15.5. The van der Waals surface area contributed by atoms with E-state index in [9.17, 15) is 4.79 Å². The Morgan fingerprint density at radius 3 is 2.43 bits per heavy atom. The molecule has 0 aliphatic carbocycles. The van der Waals surface area contributed by atoms with Crippen LogP contribution in [0.25, 0.3) is 0 Å². The van der Waals surface area contributed by atoms with Crippen LogP contribution < -0.4 is 11.1 Å². The lowest BCUT2D eigenvalue weighted by atomic mass is 9.82. The smallest absolute Gasteiger partial charge is 0.220 e. The van der Waals surface area contributed by atoms with E-state index in [-0.39, 0.29) is 11.3 Å². The Labute approximate surface area is 129 Å². The predicted molar refractivity (Wildman–Crippen MR) is 87.0 cm³/mol. The third-order valence-corrected chi connectivity index (χ3v) is 5.55. The molecule has 2 atom stereocenters. The predicted octanol–water partition coefficient (Wildman–Crippen LogP) is 2.27. The number of piperidine rings is 2. The van der Waals surface area contributed by atoms with E-state index >= 15 is 0 Å². The zero-order valence-electron chi connectivity index (χ0n) is 14.0. The van der Waals surface area contributed by atoms with Crippen LogP contribution in [0.3, 0.4) is 0 Å². The topological polar surface area (TPSA) is 58.4 Å². The van der Waals surface area contributed by atoms with Crippen LogP contribution in [-0.4, -0.2) is 42.5 Å². The van der Waals surface area contributed by atoms with Crippen molar-refractivity contribution in [1.29, 1.82) is 0 Å². The van der Waals surface area contributed by atoms with Gasteiger partial charge in [-0.15, -0.1) is 0 Å². The number of fused-ring (bicyclic) bond motifs is 2. The Morgan fingerprint density at radius 1 is 1.24 bits per heavy atom. The highest BCUT2D eigenvalue weighted by atomic mass is 16.1. The van der Waals surface area contributed by atoms with E-state index < -0.39 is 0 Å². The molecule has 0 saturated carbocycles. The van der Waals surface area contributed by atoms with Gasteiger partial charge in [-0.05, 0) is 57.5 Å². The summed E-state index contributed by atoms with van der Waals surface area (Å²) < 4.78 is 0. The molecule has 2 fully saturated rings. The number of hydrogen-bond donors (Lipinski definition) is 2. The highest BCUT2D eigenvalue weighted by Gasteiger charge is 2.36. The van der Waals surface area contributed by atoms with Gasteiger partial charge in [0.15, 0.2) is 0 Å². The second-order valence-corrected chi connectivity index (χ2v) is 7.84.